The molecule has 4 heteroatoms. The van der Waals surface area contributed by atoms with Crippen LogP contribution >= 0.6 is 0 Å². The van der Waals surface area contributed by atoms with Crippen molar-refractivity contribution in [3.63, 3.8) is 0 Å². The smallest absolute Gasteiger partial charge is 0.407 e. The predicted molar refractivity (Wildman–Crippen MR) is 50.3 cm³/mol. The first-order chi connectivity index (χ1) is 6.75. The molecule has 0 bridgehead atoms. The summed E-state index contributed by atoms with van der Waals surface area (Å²) in [5.74, 6) is 0.775. The summed E-state index contributed by atoms with van der Waals surface area (Å²) in [6, 6.07) is 7.67. The van der Waals surface area contributed by atoms with Crippen LogP contribution in [0.5, 0.6) is 5.75 Å². The number of carboxylic acid groups (broad SMARTS) is 1. The molecule has 14 heavy (non-hydrogen) atoms. The van der Waals surface area contributed by atoms with Crippen molar-refractivity contribution in [3.8, 4) is 5.75 Å². The van der Waals surface area contributed by atoms with Gasteiger partial charge in [-0.05, 0) is 18.1 Å². The Kier molecular flexibility index (Phi) is 2.26. The number of benzene rings is 1. The highest BCUT2D eigenvalue weighted by atomic mass is 16.5. The number of hydrogen-bond acceptors (Lipinski definition) is 2. The number of nitrogens with one attached hydrogen (secondary N) is 1. The standard InChI is InChI=1S/C10H11NO3/c12-10(13)11-9-6-5-7-3-1-2-4-8(7)14-9/h1-4,9,11H,5-6H2,(H,12,13). The summed E-state index contributed by atoms with van der Waals surface area (Å²) < 4.78 is 5.45. The van der Waals surface area contributed by atoms with Crippen LogP contribution in [0.3, 0.4) is 0 Å². The Balaban J connectivity index is 2.09. The molecule has 0 saturated heterocycles. The summed E-state index contributed by atoms with van der Waals surface area (Å²) in [7, 11) is 0. The Morgan fingerprint density at radius 1 is 1.50 bits per heavy atom. The van der Waals surface area contributed by atoms with Crippen LogP contribution in [0.2, 0.25) is 0 Å². The fourth-order valence-electron chi connectivity index (χ4n) is 1.56. The highest BCUT2D eigenvalue weighted by Crippen LogP contribution is 2.25. The van der Waals surface area contributed by atoms with Crippen molar-refractivity contribution in [3.05, 3.63) is 29.8 Å². The van der Waals surface area contributed by atoms with Crippen LogP contribution in [0.25, 0.3) is 0 Å². The first-order valence-corrected chi connectivity index (χ1v) is 4.50. The van der Waals surface area contributed by atoms with Crippen molar-refractivity contribution in [2.45, 2.75) is 19.1 Å². The molecule has 0 spiro atoms. The van der Waals surface area contributed by atoms with E-state index >= 15 is 0 Å². The summed E-state index contributed by atoms with van der Waals surface area (Å²) in [6.45, 7) is 0. The topological polar surface area (TPSA) is 58.6 Å². The third-order valence-corrected chi connectivity index (χ3v) is 2.20. The minimum Gasteiger partial charge on any atom is -0.470 e. The highest BCUT2D eigenvalue weighted by molar-refractivity contribution is 5.64. The lowest BCUT2D eigenvalue weighted by molar-refractivity contribution is 0.122. The Morgan fingerprint density at radius 3 is 3.07 bits per heavy atom. The Hall–Kier alpha value is -1.71. The van der Waals surface area contributed by atoms with Gasteiger partial charge in [0.2, 0.25) is 0 Å². The Bertz CT molecular complexity index is 351. The summed E-state index contributed by atoms with van der Waals surface area (Å²) >= 11 is 0. The molecule has 0 saturated carbocycles. The third-order valence-electron chi connectivity index (χ3n) is 2.20. The van der Waals surface area contributed by atoms with Crippen LogP contribution in [0.4, 0.5) is 4.79 Å². The van der Waals surface area contributed by atoms with Crippen molar-refractivity contribution in [1.82, 2.24) is 5.32 Å². The maximum atomic E-state index is 10.4. The molecule has 1 amide bonds. The van der Waals surface area contributed by atoms with Crippen LogP contribution in [0.15, 0.2) is 24.3 Å². The first-order valence-electron chi connectivity index (χ1n) is 4.50. The van der Waals surface area contributed by atoms with Gasteiger partial charge < -0.3 is 9.84 Å². The largest absolute Gasteiger partial charge is 0.470 e. The van der Waals surface area contributed by atoms with E-state index in [1.165, 1.54) is 0 Å². The van der Waals surface area contributed by atoms with Crippen LogP contribution in [-0.2, 0) is 6.42 Å². The zero-order valence-electron chi connectivity index (χ0n) is 7.56. The second kappa shape index (κ2) is 3.57. The van der Waals surface area contributed by atoms with E-state index < -0.39 is 12.3 Å². The lowest BCUT2D eigenvalue weighted by Crippen LogP contribution is -2.40. The first kappa shape index (κ1) is 8.87. The number of aryl methyl sites for hydroxylation is 1. The Labute approximate surface area is 81.5 Å². The van der Waals surface area contributed by atoms with Crippen LogP contribution < -0.4 is 10.1 Å². The Morgan fingerprint density at radius 2 is 2.29 bits per heavy atom. The molecule has 0 aromatic heterocycles. The van der Waals surface area contributed by atoms with Crippen LogP contribution in [0.1, 0.15) is 12.0 Å². The summed E-state index contributed by atoms with van der Waals surface area (Å²) in [5.41, 5.74) is 1.14. The summed E-state index contributed by atoms with van der Waals surface area (Å²) in [5, 5.41) is 10.8. The van der Waals surface area contributed by atoms with E-state index in [-0.39, 0.29) is 0 Å². The van der Waals surface area contributed by atoms with Crippen molar-refractivity contribution in [2.24, 2.45) is 0 Å². The fourth-order valence-corrected chi connectivity index (χ4v) is 1.56. The van der Waals surface area contributed by atoms with Crippen molar-refractivity contribution in [2.75, 3.05) is 0 Å². The van der Waals surface area contributed by atoms with E-state index in [9.17, 15) is 4.79 Å². The van der Waals surface area contributed by atoms with Gasteiger partial charge in [-0.1, -0.05) is 18.2 Å². The lowest BCUT2D eigenvalue weighted by Gasteiger charge is -2.25. The van der Waals surface area contributed by atoms with Crippen LogP contribution in [0, 0.1) is 0 Å². The van der Waals surface area contributed by atoms with Gasteiger partial charge in [0, 0.05) is 6.42 Å². The minimum absolute atomic E-state index is 0.414. The number of fused-ring (bicyclic) bond motifs is 1. The van der Waals surface area contributed by atoms with Gasteiger partial charge in [-0.15, -0.1) is 0 Å². The molecule has 2 rings (SSSR count). The number of amides is 1. The van der Waals surface area contributed by atoms with E-state index in [1.807, 2.05) is 24.3 Å². The van der Waals surface area contributed by atoms with Gasteiger partial charge in [-0.2, -0.15) is 0 Å². The number of carbonyl (C=O) groups is 1. The molecule has 1 unspecified atom stereocenters. The van der Waals surface area contributed by atoms with E-state index in [4.69, 9.17) is 9.84 Å². The molecule has 1 aliphatic heterocycles. The number of hydrogen-bond donors (Lipinski definition) is 2. The molecule has 1 aromatic carbocycles. The van der Waals surface area contributed by atoms with E-state index in [0.29, 0.717) is 6.42 Å². The summed E-state index contributed by atoms with van der Waals surface area (Å²) in [6.07, 6.45) is 0.0709. The molecule has 0 aliphatic carbocycles. The third kappa shape index (κ3) is 1.79. The predicted octanol–water partition coefficient (Wildman–Crippen LogP) is 1.61. The van der Waals surface area contributed by atoms with E-state index in [2.05, 4.69) is 5.32 Å². The van der Waals surface area contributed by atoms with E-state index in [1.54, 1.807) is 0 Å². The molecular formula is C10H11NO3. The molecular weight excluding hydrogens is 182 g/mol. The summed E-state index contributed by atoms with van der Waals surface area (Å²) in [4.78, 5) is 10.4. The molecule has 0 radical (unpaired) electrons. The number of rotatable bonds is 1. The second-order valence-corrected chi connectivity index (χ2v) is 3.20. The van der Waals surface area contributed by atoms with Gasteiger partial charge in [-0.25, -0.2) is 4.79 Å². The normalized spacial score (nSPS) is 19.3. The minimum atomic E-state index is -1.05. The second-order valence-electron chi connectivity index (χ2n) is 3.20. The molecule has 74 valence electrons. The molecule has 1 aromatic rings. The van der Waals surface area contributed by atoms with E-state index in [0.717, 1.165) is 17.7 Å². The highest BCUT2D eigenvalue weighted by Gasteiger charge is 2.20. The number of ether oxygens (including phenoxy) is 1. The fraction of sp³-hybridized carbons (Fsp3) is 0.300. The van der Waals surface area contributed by atoms with Crippen molar-refractivity contribution < 1.29 is 14.6 Å². The average Bonchev–Trinajstić information content (AvgIpc) is 2.17. The van der Waals surface area contributed by atoms with Gasteiger partial charge >= 0.3 is 6.09 Å². The maximum Gasteiger partial charge on any atom is 0.407 e. The maximum absolute atomic E-state index is 10.4. The molecule has 1 atom stereocenters. The SMILES string of the molecule is O=C(O)NC1CCc2ccccc2O1. The quantitative estimate of drug-likeness (QED) is 0.712. The van der Waals surface area contributed by atoms with Crippen molar-refractivity contribution in [1.29, 1.82) is 0 Å². The van der Waals surface area contributed by atoms with Gasteiger partial charge in [0.05, 0.1) is 0 Å². The van der Waals surface area contributed by atoms with Gasteiger partial charge in [0.25, 0.3) is 0 Å². The molecule has 4 nitrogen and oxygen atoms in total. The zero-order valence-corrected chi connectivity index (χ0v) is 7.56. The molecule has 1 heterocycles. The van der Waals surface area contributed by atoms with Gasteiger partial charge in [0.1, 0.15) is 5.75 Å². The van der Waals surface area contributed by atoms with Crippen LogP contribution in [-0.4, -0.2) is 17.4 Å². The lowest BCUT2D eigenvalue weighted by atomic mass is 10.1. The van der Waals surface area contributed by atoms with Gasteiger partial charge in [-0.3, -0.25) is 5.32 Å². The zero-order chi connectivity index (χ0) is 9.97. The average molecular weight is 193 g/mol. The van der Waals surface area contributed by atoms with Crippen molar-refractivity contribution >= 4 is 6.09 Å². The monoisotopic (exact) mass is 193 g/mol. The number of para-hydroxylation sites is 1. The molecule has 0 fully saturated rings. The molecule has 2 N–H and O–H groups in total. The molecule has 1 aliphatic rings. The van der Waals surface area contributed by atoms with Gasteiger partial charge in [0.15, 0.2) is 6.23 Å².